The van der Waals surface area contributed by atoms with Gasteiger partial charge in [0.15, 0.2) is 0 Å². The van der Waals surface area contributed by atoms with Crippen LogP contribution >= 0.6 is 0 Å². The molecule has 0 spiro atoms. The zero-order chi connectivity index (χ0) is 27.0. The Kier molecular flexibility index (Phi) is 9.78. The number of carbonyl (C=O) groups excluding carboxylic acids is 1. The van der Waals surface area contributed by atoms with Crippen LogP contribution in [0.4, 0.5) is 13.2 Å². The van der Waals surface area contributed by atoms with E-state index in [4.69, 9.17) is 13.9 Å². The van der Waals surface area contributed by atoms with Gasteiger partial charge in [-0.05, 0) is 81.4 Å². The van der Waals surface area contributed by atoms with E-state index in [2.05, 4.69) is 18.5 Å². The average molecular weight is 518 g/mol. The van der Waals surface area contributed by atoms with Crippen molar-refractivity contribution in [2.45, 2.75) is 65.5 Å². The molecule has 5 nitrogen and oxygen atoms in total. The number of carbonyl (C=O) groups is 1. The highest BCUT2D eigenvalue weighted by Gasteiger charge is 2.30. The molecule has 0 aliphatic heterocycles. The summed E-state index contributed by atoms with van der Waals surface area (Å²) in [7, 11) is 0. The third-order valence-electron chi connectivity index (χ3n) is 6.49. The van der Waals surface area contributed by atoms with Crippen LogP contribution in [0.5, 0.6) is 0 Å². The molecule has 0 saturated carbocycles. The smallest absolute Gasteiger partial charge is 0.416 e. The molecule has 200 valence electrons. The fraction of sp³-hybridized carbons (Fsp3) is 0.448. The van der Waals surface area contributed by atoms with Crippen LogP contribution in [-0.2, 0) is 26.9 Å². The first-order valence-corrected chi connectivity index (χ1v) is 12.6. The predicted octanol–water partition coefficient (Wildman–Crippen LogP) is 7.76. The quantitative estimate of drug-likeness (QED) is 0.164. The highest BCUT2D eigenvalue weighted by atomic mass is 19.4. The molecule has 1 unspecified atom stereocenters. The summed E-state index contributed by atoms with van der Waals surface area (Å²) in [6.45, 7) is 10.4. The van der Waals surface area contributed by atoms with Crippen LogP contribution in [0, 0.1) is 12.8 Å². The minimum Gasteiger partial charge on any atom is -0.494 e. The van der Waals surface area contributed by atoms with Crippen molar-refractivity contribution in [2.24, 2.45) is 5.92 Å². The van der Waals surface area contributed by atoms with Crippen molar-refractivity contribution in [3.8, 4) is 11.5 Å². The molecule has 0 N–H and O–H groups in total. The van der Waals surface area contributed by atoms with Crippen LogP contribution in [0.15, 0.2) is 64.3 Å². The SMILES string of the molecule is C=C(C=CC1=C(CC)CCC1CCC(=O)OCC)OCCc1oc(-c2ccc(C(F)(F)F)cc2)nc1C. The number of aryl methyl sites for hydroxylation is 1. The van der Waals surface area contributed by atoms with Crippen LogP contribution < -0.4 is 0 Å². The Morgan fingerprint density at radius 2 is 1.95 bits per heavy atom. The molecule has 1 aromatic heterocycles. The third kappa shape index (κ3) is 7.84. The van der Waals surface area contributed by atoms with Gasteiger partial charge in [-0.25, -0.2) is 4.98 Å². The Morgan fingerprint density at radius 3 is 2.59 bits per heavy atom. The van der Waals surface area contributed by atoms with Gasteiger partial charge in [0.2, 0.25) is 5.89 Å². The summed E-state index contributed by atoms with van der Waals surface area (Å²) in [6, 6.07) is 4.73. The maximum Gasteiger partial charge on any atom is 0.416 e. The lowest BCUT2D eigenvalue weighted by Gasteiger charge is -2.13. The van der Waals surface area contributed by atoms with Gasteiger partial charge in [0.05, 0.1) is 24.5 Å². The maximum absolute atomic E-state index is 12.8. The molecular formula is C29H34F3NO4. The largest absolute Gasteiger partial charge is 0.494 e. The minimum absolute atomic E-state index is 0.160. The number of alkyl halides is 3. The number of ether oxygens (including phenoxy) is 2. The summed E-state index contributed by atoms with van der Waals surface area (Å²) < 4.78 is 55.0. The molecule has 2 aromatic rings. The lowest BCUT2D eigenvalue weighted by atomic mass is 9.94. The molecule has 1 aliphatic rings. The van der Waals surface area contributed by atoms with E-state index in [0.717, 1.165) is 37.8 Å². The van der Waals surface area contributed by atoms with Crippen molar-refractivity contribution in [1.82, 2.24) is 4.98 Å². The molecule has 1 aliphatic carbocycles. The summed E-state index contributed by atoms with van der Waals surface area (Å²) in [5.74, 6) is 1.56. The zero-order valence-electron chi connectivity index (χ0n) is 21.6. The molecule has 1 atom stereocenters. The van der Waals surface area contributed by atoms with Gasteiger partial charge in [-0.3, -0.25) is 4.79 Å². The number of benzene rings is 1. The minimum atomic E-state index is -4.39. The normalized spacial score (nSPS) is 16.0. The van der Waals surface area contributed by atoms with Gasteiger partial charge in [0, 0.05) is 18.4 Å². The fourth-order valence-electron chi connectivity index (χ4n) is 4.49. The van der Waals surface area contributed by atoms with Crippen molar-refractivity contribution >= 4 is 5.97 Å². The van der Waals surface area contributed by atoms with Gasteiger partial charge in [0.1, 0.15) is 11.5 Å². The Labute approximate surface area is 216 Å². The third-order valence-corrected chi connectivity index (χ3v) is 6.49. The van der Waals surface area contributed by atoms with Crippen molar-refractivity contribution < 1.29 is 31.9 Å². The summed E-state index contributed by atoms with van der Waals surface area (Å²) in [5, 5.41) is 0. The van der Waals surface area contributed by atoms with Crippen LogP contribution in [0.1, 0.15) is 63.0 Å². The van der Waals surface area contributed by atoms with E-state index >= 15 is 0 Å². The Bertz CT molecular complexity index is 1140. The number of nitrogens with zero attached hydrogens (tertiary/aromatic N) is 1. The average Bonchev–Trinajstić information content (AvgIpc) is 3.43. The molecule has 8 heteroatoms. The van der Waals surface area contributed by atoms with E-state index in [1.54, 1.807) is 6.92 Å². The number of oxazole rings is 1. The molecule has 3 rings (SSSR count). The fourth-order valence-corrected chi connectivity index (χ4v) is 4.49. The van der Waals surface area contributed by atoms with E-state index in [9.17, 15) is 18.0 Å². The molecule has 0 fully saturated rings. The second-order valence-electron chi connectivity index (χ2n) is 8.99. The number of hydrogen-bond acceptors (Lipinski definition) is 5. The number of aromatic nitrogens is 1. The first kappa shape index (κ1) is 28.3. The number of esters is 1. The highest BCUT2D eigenvalue weighted by molar-refractivity contribution is 5.69. The lowest BCUT2D eigenvalue weighted by molar-refractivity contribution is -0.143. The molecule has 1 aromatic carbocycles. The van der Waals surface area contributed by atoms with Crippen molar-refractivity contribution in [3.05, 3.63) is 76.9 Å². The second kappa shape index (κ2) is 12.8. The number of hydrogen-bond donors (Lipinski definition) is 0. The first-order chi connectivity index (χ1) is 17.6. The van der Waals surface area contributed by atoms with E-state index in [-0.39, 0.29) is 11.9 Å². The Balaban J connectivity index is 1.54. The molecule has 0 bridgehead atoms. The van der Waals surface area contributed by atoms with Crippen molar-refractivity contribution in [2.75, 3.05) is 13.2 Å². The Hall–Kier alpha value is -3.29. The van der Waals surface area contributed by atoms with Crippen LogP contribution in [0.3, 0.4) is 0 Å². The zero-order valence-corrected chi connectivity index (χ0v) is 21.6. The van der Waals surface area contributed by atoms with Gasteiger partial charge in [-0.1, -0.05) is 25.2 Å². The molecular weight excluding hydrogens is 483 g/mol. The van der Waals surface area contributed by atoms with Crippen LogP contribution in [0.2, 0.25) is 0 Å². The number of allylic oxidation sites excluding steroid dienone is 4. The highest BCUT2D eigenvalue weighted by Crippen LogP contribution is 2.37. The lowest BCUT2D eigenvalue weighted by Crippen LogP contribution is -2.07. The molecule has 37 heavy (non-hydrogen) atoms. The summed E-state index contributed by atoms with van der Waals surface area (Å²) in [6.07, 6.45) is 4.16. The number of rotatable bonds is 12. The molecule has 0 saturated heterocycles. The molecule has 0 radical (unpaired) electrons. The van der Waals surface area contributed by atoms with E-state index in [0.29, 0.717) is 54.8 Å². The van der Waals surface area contributed by atoms with Gasteiger partial charge in [0.25, 0.3) is 0 Å². The van der Waals surface area contributed by atoms with Gasteiger partial charge < -0.3 is 13.9 Å². The number of halogens is 3. The van der Waals surface area contributed by atoms with Gasteiger partial charge >= 0.3 is 12.1 Å². The summed E-state index contributed by atoms with van der Waals surface area (Å²) in [4.78, 5) is 16.1. The topological polar surface area (TPSA) is 61.6 Å². The standard InChI is InChI=1S/C29H34F3NO4/c1-5-21-8-9-22(12-16-27(34)35-6-2)25(21)15-7-19(3)36-18-17-26-20(4)33-28(37-26)23-10-13-24(14-11-23)29(30,31)32/h7,10-11,13-15,22H,3,5-6,8-9,12,16-18H2,1-2,4H3. The van der Waals surface area contributed by atoms with Crippen LogP contribution in [-0.4, -0.2) is 24.2 Å². The first-order valence-electron chi connectivity index (χ1n) is 12.6. The molecule has 0 amide bonds. The van der Waals surface area contributed by atoms with E-state index in [1.165, 1.54) is 23.3 Å². The second-order valence-corrected chi connectivity index (χ2v) is 8.99. The predicted molar refractivity (Wildman–Crippen MR) is 136 cm³/mol. The monoisotopic (exact) mass is 517 g/mol. The van der Waals surface area contributed by atoms with Gasteiger partial charge in [-0.15, -0.1) is 0 Å². The Morgan fingerprint density at radius 1 is 1.22 bits per heavy atom. The summed E-state index contributed by atoms with van der Waals surface area (Å²) in [5.41, 5.74) is 3.07. The van der Waals surface area contributed by atoms with E-state index in [1.807, 2.05) is 19.1 Å². The van der Waals surface area contributed by atoms with Crippen molar-refractivity contribution in [1.29, 1.82) is 0 Å². The van der Waals surface area contributed by atoms with E-state index < -0.39 is 11.7 Å². The summed E-state index contributed by atoms with van der Waals surface area (Å²) >= 11 is 0. The maximum atomic E-state index is 12.8. The van der Waals surface area contributed by atoms with Gasteiger partial charge in [-0.2, -0.15) is 13.2 Å². The van der Waals surface area contributed by atoms with Crippen LogP contribution in [0.25, 0.3) is 11.5 Å². The van der Waals surface area contributed by atoms with Crippen molar-refractivity contribution in [3.63, 3.8) is 0 Å². The molecule has 1 heterocycles.